The molecule has 0 saturated carbocycles. The van der Waals surface area contributed by atoms with Gasteiger partial charge in [-0.05, 0) is 43.6 Å². The van der Waals surface area contributed by atoms with E-state index in [0.29, 0.717) is 6.42 Å². The number of hydrogen-bond donors (Lipinski definition) is 1. The number of anilines is 1. The molecule has 116 valence electrons. The topological polar surface area (TPSA) is 41.1 Å². The van der Waals surface area contributed by atoms with Gasteiger partial charge in [0.15, 0.2) is 0 Å². The fourth-order valence-electron chi connectivity index (χ4n) is 2.78. The number of nitrogens with zero attached hydrogens (tertiary/aromatic N) is 3. The van der Waals surface area contributed by atoms with E-state index < -0.39 is 0 Å². The molecule has 4 nitrogen and oxygen atoms in total. The number of nitrogens with one attached hydrogen (secondary N) is 1. The molecule has 1 aliphatic rings. The van der Waals surface area contributed by atoms with Gasteiger partial charge in [0.05, 0.1) is 5.69 Å². The molecular formula is C17H21FN4. The maximum absolute atomic E-state index is 13.0. The van der Waals surface area contributed by atoms with Gasteiger partial charge in [-0.3, -0.25) is 4.98 Å². The molecule has 2 heterocycles. The van der Waals surface area contributed by atoms with Crippen molar-refractivity contribution >= 4 is 5.82 Å². The Bertz CT molecular complexity index is 594. The summed E-state index contributed by atoms with van der Waals surface area (Å²) in [6.45, 7) is 4.30. The molecule has 0 aliphatic carbocycles. The van der Waals surface area contributed by atoms with E-state index >= 15 is 0 Å². The second kappa shape index (κ2) is 7.31. The normalized spacial score (nSPS) is 15.1. The molecule has 1 fully saturated rings. The Balaban J connectivity index is 1.60. The molecule has 22 heavy (non-hydrogen) atoms. The molecule has 1 saturated heterocycles. The van der Waals surface area contributed by atoms with Crippen LogP contribution < -0.4 is 5.32 Å². The fraction of sp³-hybridized carbons (Fsp3) is 0.412. The van der Waals surface area contributed by atoms with Gasteiger partial charge in [-0.15, -0.1) is 0 Å². The summed E-state index contributed by atoms with van der Waals surface area (Å²) in [6.07, 6.45) is 6.67. The average molecular weight is 300 g/mol. The molecule has 0 spiro atoms. The number of benzene rings is 1. The lowest BCUT2D eigenvalue weighted by Gasteiger charge is -2.16. The van der Waals surface area contributed by atoms with Crippen molar-refractivity contribution in [3.63, 3.8) is 0 Å². The molecule has 3 rings (SSSR count). The van der Waals surface area contributed by atoms with Gasteiger partial charge >= 0.3 is 0 Å². The minimum Gasteiger partial charge on any atom is -0.367 e. The van der Waals surface area contributed by atoms with Crippen LogP contribution in [0.5, 0.6) is 0 Å². The highest BCUT2D eigenvalue weighted by molar-refractivity contribution is 5.42. The number of likely N-dealkylation sites (tertiary alicyclic amines) is 1. The largest absolute Gasteiger partial charge is 0.367 e. The smallest absolute Gasteiger partial charge is 0.148 e. The Labute approximate surface area is 130 Å². The molecular weight excluding hydrogens is 279 g/mol. The van der Waals surface area contributed by atoms with Crippen LogP contribution >= 0.6 is 0 Å². The predicted molar refractivity (Wildman–Crippen MR) is 85.4 cm³/mol. The molecule has 1 aromatic carbocycles. The van der Waals surface area contributed by atoms with E-state index in [4.69, 9.17) is 0 Å². The Morgan fingerprint density at radius 3 is 2.55 bits per heavy atom. The molecule has 1 aliphatic heterocycles. The summed E-state index contributed by atoms with van der Waals surface area (Å²) in [5, 5.41) is 3.38. The number of aromatic nitrogens is 2. The molecule has 0 atom stereocenters. The van der Waals surface area contributed by atoms with Crippen molar-refractivity contribution in [3.8, 4) is 0 Å². The van der Waals surface area contributed by atoms with Crippen molar-refractivity contribution in [2.24, 2.45) is 0 Å². The van der Waals surface area contributed by atoms with Crippen molar-refractivity contribution in [1.29, 1.82) is 0 Å². The minimum absolute atomic E-state index is 0.216. The van der Waals surface area contributed by atoms with Crippen LogP contribution in [0.4, 0.5) is 10.2 Å². The number of rotatable bonds is 6. The first-order valence-corrected chi connectivity index (χ1v) is 7.82. The highest BCUT2D eigenvalue weighted by atomic mass is 19.1. The Kier molecular flexibility index (Phi) is 4.96. The third-order valence-electron chi connectivity index (χ3n) is 3.98. The van der Waals surface area contributed by atoms with Crippen molar-refractivity contribution in [2.75, 3.05) is 31.5 Å². The molecule has 5 heteroatoms. The van der Waals surface area contributed by atoms with Crippen LogP contribution in [0, 0.1) is 5.82 Å². The lowest BCUT2D eigenvalue weighted by atomic mass is 10.1. The summed E-state index contributed by atoms with van der Waals surface area (Å²) in [6, 6.07) is 6.54. The Hall–Kier alpha value is -2.01. The minimum atomic E-state index is -0.216. The third-order valence-corrected chi connectivity index (χ3v) is 3.98. The number of hydrogen-bond acceptors (Lipinski definition) is 4. The molecule has 0 bridgehead atoms. The Morgan fingerprint density at radius 2 is 1.77 bits per heavy atom. The van der Waals surface area contributed by atoms with E-state index in [1.807, 2.05) is 0 Å². The van der Waals surface area contributed by atoms with Crippen molar-refractivity contribution < 1.29 is 4.39 Å². The molecule has 2 aromatic rings. The monoisotopic (exact) mass is 300 g/mol. The first-order valence-electron chi connectivity index (χ1n) is 7.82. The summed E-state index contributed by atoms with van der Waals surface area (Å²) in [4.78, 5) is 11.3. The van der Waals surface area contributed by atoms with Crippen LogP contribution in [0.15, 0.2) is 36.7 Å². The van der Waals surface area contributed by atoms with Crippen LogP contribution in [0.2, 0.25) is 0 Å². The van der Waals surface area contributed by atoms with E-state index in [-0.39, 0.29) is 5.82 Å². The van der Waals surface area contributed by atoms with E-state index in [9.17, 15) is 4.39 Å². The summed E-state index contributed by atoms with van der Waals surface area (Å²) in [5.41, 5.74) is 1.93. The van der Waals surface area contributed by atoms with Gasteiger partial charge in [-0.2, -0.15) is 0 Å². The van der Waals surface area contributed by atoms with E-state index in [1.165, 1.54) is 38.1 Å². The average Bonchev–Trinajstić information content (AvgIpc) is 3.05. The lowest BCUT2D eigenvalue weighted by Crippen LogP contribution is -2.26. The summed E-state index contributed by atoms with van der Waals surface area (Å²) >= 11 is 0. The first kappa shape index (κ1) is 14.9. The van der Waals surface area contributed by atoms with Crippen LogP contribution in [0.3, 0.4) is 0 Å². The maximum atomic E-state index is 13.0. The van der Waals surface area contributed by atoms with Crippen LogP contribution in [0.25, 0.3) is 0 Å². The van der Waals surface area contributed by atoms with Crippen molar-refractivity contribution in [3.05, 3.63) is 53.7 Å². The summed E-state index contributed by atoms with van der Waals surface area (Å²) in [5.74, 6) is 0.609. The number of halogens is 1. The molecule has 0 radical (unpaired) electrons. The van der Waals surface area contributed by atoms with Gasteiger partial charge in [0.2, 0.25) is 0 Å². The van der Waals surface area contributed by atoms with Gasteiger partial charge in [0, 0.05) is 31.9 Å². The standard InChI is InChI=1S/C17H21FN4/c18-15-5-3-14(4-6-15)13-16-17(20-8-7-19-16)21-9-12-22-10-1-2-11-22/h3-8H,1-2,9-13H2,(H,20,21). The van der Waals surface area contributed by atoms with Crippen molar-refractivity contribution in [1.82, 2.24) is 14.9 Å². The molecule has 0 unspecified atom stereocenters. The zero-order valence-corrected chi connectivity index (χ0v) is 12.6. The highest BCUT2D eigenvalue weighted by Crippen LogP contribution is 2.15. The quantitative estimate of drug-likeness (QED) is 0.890. The summed E-state index contributed by atoms with van der Waals surface area (Å²) in [7, 11) is 0. The fourth-order valence-corrected chi connectivity index (χ4v) is 2.78. The first-order chi connectivity index (χ1) is 10.8. The van der Waals surface area contributed by atoms with Crippen LogP contribution in [-0.2, 0) is 6.42 Å². The van der Waals surface area contributed by atoms with Gasteiger partial charge in [-0.25, -0.2) is 9.37 Å². The predicted octanol–water partition coefficient (Wildman–Crippen LogP) is 2.71. The van der Waals surface area contributed by atoms with E-state index in [2.05, 4.69) is 20.2 Å². The maximum Gasteiger partial charge on any atom is 0.148 e. The Morgan fingerprint density at radius 1 is 1.05 bits per heavy atom. The van der Waals surface area contributed by atoms with Crippen LogP contribution in [-0.4, -0.2) is 41.0 Å². The zero-order chi connectivity index (χ0) is 15.2. The second-order valence-corrected chi connectivity index (χ2v) is 5.63. The lowest BCUT2D eigenvalue weighted by molar-refractivity contribution is 0.352. The van der Waals surface area contributed by atoms with Gasteiger partial charge in [-0.1, -0.05) is 12.1 Å². The van der Waals surface area contributed by atoms with E-state index in [0.717, 1.165) is 30.2 Å². The van der Waals surface area contributed by atoms with Crippen molar-refractivity contribution in [2.45, 2.75) is 19.3 Å². The van der Waals surface area contributed by atoms with E-state index in [1.54, 1.807) is 24.5 Å². The molecule has 1 N–H and O–H groups in total. The molecule has 1 aromatic heterocycles. The molecule has 0 amide bonds. The van der Waals surface area contributed by atoms with Gasteiger partial charge < -0.3 is 10.2 Å². The third kappa shape index (κ3) is 4.01. The van der Waals surface area contributed by atoms with Gasteiger partial charge in [0.25, 0.3) is 0 Å². The second-order valence-electron chi connectivity index (χ2n) is 5.63. The summed E-state index contributed by atoms with van der Waals surface area (Å²) < 4.78 is 13.0. The van der Waals surface area contributed by atoms with Gasteiger partial charge in [0.1, 0.15) is 11.6 Å². The highest BCUT2D eigenvalue weighted by Gasteiger charge is 2.11. The SMILES string of the molecule is Fc1ccc(Cc2nccnc2NCCN2CCCC2)cc1. The zero-order valence-electron chi connectivity index (χ0n) is 12.6. The van der Waals surface area contributed by atoms with Crippen LogP contribution in [0.1, 0.15) is 24.1 Å².